The van der Waals surface area contributed by atoms with Crippen LogP contribution in [0.4, 0.5) is 10.1 Å². The second-order valence-electron chi connectivity index (χ2n) is 4.11. The Morgan fingerprint density at radius 3 is 2.90 bits per heavy atom. The standard InChI is InChI=1S/C13H14FN3O2S/c1-3-12-16-17-13(19-12)20-7-11(18)15-10-5-4-9(14)6-8(10)2/h4-6H,3,7H2,1-2H3,(H,15,18). The van der Waals surface area contributed by atoms with E-state index < -0.39 is 0 Å². The smallest absolute Gasteiger partial charge is 0.277 e. The van der Waals surface area contributed by atoms with Crippen molar-refractivity contribution in [2.24, 2.45) is 0 Å². The first-order valence-corrected chi connectivity index (χ1v) is 7.08. The van der Waals surface area contributed by atoms with Crippen molar-refractivity contribution >= 4 is 23.4 Å². The van der Waals surface area contributed by atoms with Crippen LogP contribution >= 0.6 is 11.8 Å². The van der Waals surface area contributed by atoms with Crippen molar-refractivity contribution in [1.82, 2.24) is 10.2 Å². The molecule has 0 spiro atoms. The Morgan fingerprint density at radius 1 is 1.45 bits per heavy atom. The number of thioether (sulfide) groups is 1. The number of benzene rings is 1. The Hall–Kier alpha value is -1.89. The van der Waals surface area contributed by atoms with Crippen molar-refractivity contribution in [3.63, 3.8) is 0 Å². The molecule has 2 aromatic rings. The summed E-state index contributed by atoms with van der Waals surface area (Å²) in [5, 5.41) is 10.7. The molecule has 0 fully saturated rings. The van der Waals surface area contributed by atoms with Gasteiger partial charge < -0.3 is 9.73 Å². The van der Waals surface area contributed by atoms with Gasteiger partial charge in [-0.1, -0.05) is 18.7 Å². The van der Waals surface area contributed by atoms with Crippen LogP contribution in [0.3, 0.4) is 0 Å². The molecular formula is C13H14FN3O2S. The molecular weight excluding hydrogens is 281 g/mol. The number of carbonyl (C=O) groups excluding carboxylic acids is 1. The number of halogens is 1. The van der Waals surface area contributed by atoms with Crippen molar-refractivity contribution in [3.05, 3.63) is 35.5 Å². The van der Waals surface area contributed by atoms with Gasteiger partial charge in [0.25, 0.3) is 5.22 Å². The topological polar surface area (TPSA) is 68.0 Å². The minimum Gasteiger partial charge on any atom is -0.416 e. The Balaban J connectivity index is 1.89. The van der Waals surface area contributed by atoms with E-state index in [-0.39, 0.29) is 17.5 Å². The van der Waals surface area contributed by atoms with E-state index >= 15 is 0 Å². The predicted molar refractivity (Wildman–Crippen MR) is 74.2 cm³/mol. The zero-order valence-corrected chi connectivity index (χ0v) is 12.0. The number of rotatable bonds is 5. The fourth-order valence-electron chi connectivity index (χ4n) is 1.52. The van der Waals surface area contributed by atoms with Gasteiger partial charge in [0, 0.05) is 12.1 Å². The van der Waals surface area contributed by atoms with Crippen LogP contribution in [0.15, 0.2) is 27.8 Å². The largest absolute Gasteiger partial charge is 0.416 e. The third-order valence-corrected chi connectivity index (χ3v) is 3.36. The molecule has 2 rings (SSSR count). The number of hydrogen-bond acceptors (Lipinski definition) is 5. The Morgan fingerprint density at radius 2 is 2.25 bits per heavy atom. The van der Waals surface area contributed by atoms with Crippen LogP contribution in [0.1, 0.15) is 18.4 Å². The number of nitrogens with one attached hydrogen (secondary N) is 1. The van der Waals surface area contributed by atoms with Crippen LogP contribution in [0.5, 0.6) is 0 Å². The van der Waals surface area contributed by atoms with Gasteiger partial charge >= 0.3 is 0 Å². The number of anilines is 1. The molecule has 0 radical (unpaired) electrons. The first kappa shape index (κ1) is 14.5. The van der Waals surface area contributed by atoms with Crippen molar-refractivity contribution in [1.29, 1.82) is 0 Å². The van der Waals surface area contributed by atoms with Crippen molar-refractivity contribution < 1.29 is 13.6 Å². The average molecular weight is 295 g/mol. The van der Waals surface area contributed by atoms with E-state index in [1.165, 1.54) is 30.0 Å². The minimum absolute atomic E-state index is 0.155. The van der Waals surface area contributed by atoms with Crippen LogP contribution in [0, 0.1) is 12.7 Å². The summed E-state index contributed by atoms with van der Waals surface area (Å²) >= 11 is 1.17. The summed E-state index contributed by atoms with van der Waals surface area (Å²) in [6.07, 6.45) is 0.661. The van der Waals surface area contributed by atoms with Crippen LogP contribution in [0.2, 0.25) is 0 Å². The summed E-state index contributed by atoms with van der Waals surface area (Å²) in [5.74, 6) is 0.165. The third-order valence-electron chi connectivity index (χ3n) is 2.54. The summed E-state index contributed by atoms with van der Waals surface area (Å²) in [6, 6.07) is 4.21. The van der Waals surface area contributed by atoms with Crippen LogP contribution in [-0.2, 0) is 11.2 Å². The average Bonchev–Trinajstić information content (AvgIpc) is 2.88. The lowest BCUT2D eigenvalue weighted by molar-refractivity contribution is -0.113. The summed E-state index contributed by atoms with van der Waals surface area (Å²) in [6.45, 7) is 3.64. The Bertz CT molecular complexity index is 615. The highest BCUT2D eigenvalue weighted by Gasteiger charge is 2.10. The predicted octanol–water partition coefficient (Wildman–Crippen LogP) is 2.81. The van der Waals surface area contributed by atoms with Crippen molar-refractivity contribution in [2.45, 2.75) is 25.5 Å². The van der Waals surface area contributed by atoms with E-state index in [1.54, 1.807) is 6.92 Å². The molecule has 0 aliphatic heterocycles. The lowest BCUT2D eigenvalue weighted by Crippen LogP contribution is -2.14. The fraction of sp³-hybridized carbons (Fsp3) is 0.308. The maximum Gasteiger partial charge on any atom is 0.277 e. The summed E-state index contributed by atoms with van der Waals surface area (Å²) in [4.78, 5) is 11.8. The van der Waals surface area contributed by atoms with Crippen molar-refractivity contribution in [2.75, 3.05) is 11.1 Å². The van der Waals surface area contributed by atoms with Gasteiger partial charge in [-0.25, -0.2) is 4.39 Å². The number of carbonyl (C=O) groups is 1. The van der Waals surface area contributed by atoms with E-state index in [1.807, 2.05) is 6.92 Å². The van der Waals surface area contributed by atoms with Gasteiger partial charge in [-0.15, -0.1) is 10.2 Å². The van der Waals surface area contributed by atoms with E-state index in [2.05, 4.69) is 15.5 Å². The summed E-state index contributed by atoms with van der Waals surface area (Å²) < 4.78 is 18.2. The van der Waals surface area contributed by atoms with Gasteiger partial charge in [0.2, 0.25) is 11.8 Å². The van der Waals surface area contributed by atoms with E-state index in [0.29, 0.717) is 28.8 Å². The lowest BCUT2D eigenvalue weighted by Gasteiger charge is -2.07. The summed E-state index contributed by atoms with van der Waals surface area (Å²) in [5.41, 5.74) is 1.27. The van der Waals surface area contributed by atoms with E-state index in [0.717, 1.165) is 0 Å². The van der Waals surface area contributed by atoms with Crippen LogP contribution in [0.25, 0.3) is 0 Å². The fourth-order valence-corrected chi connectivity index (χ4v) is 2.10. The van der Waals surface area contributed by atoms with E-state index in [9.17, 15) is 9.18 Å². The molecule has 0 unspecified atom stereocenters. The Kier molecular flexibility index (Phi) is 4.73. The van der Waals surface area contributed by atoms with Gasteiger partial charge in [-0.05, 0) is 30.7 Å². The normalized spacial score (nSPS) is 10.6. The zero-order chi connectivity index (χ0) is 14.5. The molecule has 0 aliphatic carbocycles. The molecule has 1 N–H and O–H groups in total. The Labute approximate surface area is 120 Å². The molecule has 7 heteroatoms. The molecule has 1 aromatic heterocycles. The maximum absolute atomic E-state index is 12.9. The molecule has 1 amide bonds. The second kappa shape index (κ2) is 6.51. The molecule has 0 bridgehead atoms. The maximum atomic E-state index is 12.9. The molecule has 1 aromatic carbocycles. The van der Waals surface area contributed by atoms with Gasteiger partial charge in [0.05, 0.1) is 5.75 Å². The molecule has 106 valence electrons. The summed E-state index contributed by atoms with van der Waals surface area (Å²) in [7, 11) is 0. The second-order valence-corrected chi connectivity index (χ2v) is 5.04. The third kappa shape index (κ3) is 3.80. The molecule has 0 saturated carbocycles. The molecule has 0 atom stereocenters. The van der Waals surface area contributed by atoms with Gasteiger partial charge in [-0.3, -0.25) is 4.79 Å². The number of aryl methyl sites for hydroxylation is 2. The number of aromatic nitrogens is 2. The molecule has 0 aliphatic rings. The van der Waals surface area contributed by atoms with Crippen LogP contribution < -0.4 is 5.32 Å². The van der Waals surface area contributed by atoms with Gasteiger partial charge in [-0.2, -0.15) is 0 Å². The molecule has 0 saturated heterocycles. The highest BCUT2D eigenvalue weighted by molar-refractivity contribution is 7.99. The molecule has 1 heterocycles. The highest BCUT2D eigenvalue weighted by atomic mass is 32.2. The first-order chi connectivity index (χ1) is 9.58. The first-order valence-electron chi connectivity index (χ1n) is 6.09. The lowest BCUT2D eigenvalue weighted by atomic mass is 10.2. The number of nitrogens with zero attached hydrogens (tertiary/aromatic N) is 2. The SMILES string of the molecule is CCc1nnc(SCC(=O)Nc2ccc(F)cc2C)o1. The molecule has 20 heavy (non-hydrogen) atoms. The quantitative estimate of drug-likeness (QED) is 0.859. The zero-order valence-electron chi connectivity index (χ0n) is 11.1. The van der Waals surface area contributed by atoms with E-state index in [4.69, 9.17) is 4.42 Å². The highest BCUT2D eigenvalue weighted by Crippen LogP contribution is 2.19. The number of hydrogen-bond donors (Lipinski definition) is 1. The van der Waals surface area contributed by atoms with Crippen molar-refractivity contribution in [3.8, 4) is 0 Å². The monoisotopic (exact) mass is 295 g/mol. The molecule has 5 nitrogen and oxygen atoms in total. The number of amides is 1. The van der Waals surface area contributed by atoms with Gasteiger partial charge in [0.1, 0.15) is 5.82 Å². The van der Waals surface area contributed by atoms with Crippen LogP contribution in [-0.4, -0.2) is 21.9 Å². The van der Waals surface area contributed by atoms with Gasteiger partial charge in [0.15, 0.2) is 0 Å². The minimum atomic E-state index is -0.326.